The third-order valence-corrected chi connectivity index (χ3v) is 3.28. The molecule has 1 aromatic rings. The molecule has 0 aliphatic heterocycles. The molecule has 0 amide bonds. The van der Waals surface area contributed by atoms with Gasteiger partial charge in [0.1, 0.15) is 5.84 Å². The van der Waals surface area contributed by atoms with Crippen LogP contribution in [-0.2, 0) is 6.54 Å². The van der Waals surface area contributed by atoms with Crippen molar-refractivity contribution in [2.75, 3.05) is 27.2 Å². The molecule has 1 rings (SSSR count). The van der Waals surface area contributed by atoms with E-state index in [1.165, 1.54) is 5.56 Å². The van der Waals surface area contributed by atoms with Crippen molar-refractivity contribution >= 4 is 5.84 Å². The number of nitrogens with one attached hydrogen (secondary N) is 1. The summed E-state index contributed by atoms with van der Waals surface area (Å²) in [6.07, 6.45) is 0. The third kappa shape index (κ3) is 5.01. The number of nitrogen functional groups attached to an aromatic ring is 1. The molecular weight excluding hydrogens is 236 g/mol. The second kappa shape index (κ2) is 7.26. The average molecular weight is 262 g/mol. The minimum atomic E-state index is 0.131. The van der Waals surface area contributed by atoms with Crippen molar-refractivity contribution in [3.63, 3.8) is 0 Å². The molecule has 0 fully saturated rings. The summed E-state index contributed by atoms with van der Waals surface area (Å²) in [7, 11) is 4.20. The van der Waals surface area contributed by atoms with E-state index in [4.69, 9.17) is 11.1 Å². The van der Waals surface area contributed by atoms with Gasteiger partial charge in [-0.1, -0.05) is 25.1 Å². The largest absolute Gasteiger partial charge is 0.384 e. The van der Waals surface area contributed by atoms with E-state index in [0.29, 0.717) is 6.04 Å². The van der Waals surface area contributed by atoms with Crippen LogP contribution in [0.25, 0.3) is 0 Å². The van der Waals surface area contributed by atoms with Gasteiger partial charge in [0.2, 0.25) is 0 Å². The lowest BCUT2D eigenvalue weighted by molar-refractivity contribution is 0.174. The van der Waals surface area contributed by atoms with E-state index >= 15 is 0 Å². The lowest BCUT2D eigenvalue weighted by atomic mass is 10.1. The maximum Gasteiger partial charge on any atom is 0.122 e. The van der Waals surface area contributed by atoms with Crippen molar-refractivity contribution in [1.82, 2.24) is 9.80 Å². The summed E-state index contributed by atoms with van der Waals surface area (Å²) < 4.78 is 0. The van der Waals surface area contributed by atoms with Gasteiger partial charge in [0, 0.05) is 24.7 Å². The Morgan fingerprint density at radius 2 is 2.05 bits per heavy atom. The lowest BCUT2D eigenvalue weighted by Crippen LogP contribution is -2.39. The van der Waals surface area contributed by atoms with Gasteiger partial charge in [-0.25, -0.2) is 0 Å². The number of hydrogen-bond donors (Lipinski definition) is 2. The zero-order chi connectivity index (χ0) is 14.4. The maximum absolute atomic E-state index is 7.49. The maximum atomic E-state index is 7.49. The smallest absolute Gasteiger partial charge is 0.122 e. The zero-order valence-electron chi connectivity index (χ0n) is 12.5. The van der Waals surface area contributed by atoms with Crippen LogP contribution in [-0.4, -0.2) is 48.9 Å². The summed E-state index contributed by atoms with van der Waals surface area (Å²) in [5, 5.41) is 7.49. The quantitative estimate of drug-likeness (QED) is 0.581. The van der Waals surface area contributed by atoms with Crippen LogP contribution in [0.5, 0.6) is 0 Å². The summed E-state index contributed by atoms with van der Waals surface area (Å²) >= 11 is 0. The first-order chi connectivity index (χ1) is 8.93. The van der Waals surface area contributed by atoms with E-state index in [0.717, 1.165) is 25.2 Å². The molecule has 0 aliphatic rings. The van der Waals surface area contributed by atoms with Gasteiger partial charge < -0.3 is 10.6 Å². The van der Waals surface area contributed by atoms with Crippen molar-refractivity contribution in [2.24, 2.45) is 5.73 Å². The zero-order valence-corrected chi connectivity index (χ0v) is 12.5. The second-order valence-electron chi connectivity index (χ2n) is 5.29. The lowest BCUT2D eigenvalue weighted by Gasteiger charge is -2.30. The molecule has 1 atom stereocenters. The van der Waals surface area contributed by atoms with Crippen LogP contribution in [0.4, 0.5) is 0 Å². The molecule has 4 nitrogen and oxygen atoms in total. The van der Waals surface area contributed by atoms with Gasteiger partial charge in [-0.15, -0.1) is 0 Å². The fourth-order valence-electron chi connectivity index (χ4n) is 2.29. The Balaban J connectivity index is 2.75. The van der Waals surface area contributed by atoms with Crippen LogP contribution in [0.1, 0.15) is 25.0 Å². The first-order valence-electron chi connectivity index (χ1n) is 6.76. The Kier molecular flexibility index (Phi) is 5.99. The van der Waals surface area contributed by atoms with Crippen molar-refractivity contribution in [1.29, 1.82) is 5.41 Å². The monoisotopic (exact) mass is 262 g/mol. The van der Waals surface area contributed by atoms with E-state index in [1.54, 1.807) is 0 Å². The molecule has 3 N–H and O–H groups in total. The van der Waals surface area contributed by atoms with Gasteiger partial charge in [0.15, 0.2) is 0 Å². The fourth-order valence-corrected chi connectivity index (χ4v) is 2.29. The molecule has 19 heavy (non-hydrogen) atoms. The van der Waals surface area contributed by atoms with Crippen LogP contribution in [0.3, 0.4) is 0 Å². The summed E-state index contributed by atoms with van der Waals surface area (Å²) in [5.74, 6) is 0.131. The molecule has 0 saturated carbocycles. The molecule has 0 aliphatic carbocycles. The molecule has 0 saturated heterocycles. The summed E-state index contributed by atoms with van der Waals surface area (Å²) in [6.45, 7) is 7.38. The highest BCUT2D eigenvalue weighted by Crippen LogP contribution is 2.11. The number of nitrogens with zero attached hydrogens (tertiary/aromatic N) is 2. The highest BCUT2D eigenvalue weighted by Gasteiger charge is 2.13. The number of likely N-dealkylation sites (N-methyl/N-ethyl adjacent to an activating group) is 2. The SMILES string of the molecule is CCN(Cc1cccc(C(=N)N)c1)C(C)CN(C)C. The molecule has 0 heterocycles. The Hall–Kier alpha value is -1.39. The second-order valence-corrected chi connectivity index (χ2v) is 5.29. The van der Waals surface area contributed by atoms with Gasteiger partial charge in [0.25, 0.3) is 0 Å². The molecule has 1 unspecified atom stereocenters. The molecule has 0 spiro atoms. The number of amidine groups is 1. The van der Waals surface area contributed by atoms with Gasteiger partial charge in [-0.2, -0.15) is 0 Å². The van der Waals surface area contributed by atoms with E-state index < -0.39 is 0 Å². The van der Waals surface area contributed by atoms with Gasteiger partial charge in [0.05, 0.1) is 0 Å². The van der Waals surface area contributed by atoms with Crippen molar-refractivity contribution in [2.45, 2.75) is 26.4 Å². The Labute approximate surface area is 116 Å². The Morgan fingerprint density at radius 1 is 1.37 bits per heavy atom. The van der Waals surface area contributed by atoms with E-state index in [-0.39, 0.29) is 5.84 Å². The molecule has 0 aromatic heterocycles. The molecule has 4 heteroatoms. The van der Waals surface area contributed by atoms with Crippen molar-refractivity contribution in [3.8, 4) is 0 Å². The molecular formula is C15H26N4. The predicted molar refractivity (Wildman–Crippen MR) is 81.6 cm³/mol. The van der Waals surface area contributed by atoms with Gasteiger partial charge in [-0.3, -0.25) is 10.3 Å². The first kappa shape index (κ1) is 15.7. The fraction of sp³-hybridized carbons (Fsp3) is 0.533. The number of rotatable bonds is 7. The first-order valence-corrected chi connectivity index (χ1v) is 6.76. The van der Waals surface area contributed by atoms with Crippen molar-refractivity contribution in [3.05, 3.63) is 35.4 Å². The summed E-state index contributed by atoms with van der Waals surface area (Å²) in [5.41, 5.74) is 7.54. The topological polar surface area (TPSA) is 56.4 Å². The number of hydrogen-bond acceptors (Lipinski definition) is 3. The minimum absolute atomic E-state index is 0.131. The van der Waals surface area contributed by atoms with Crippen molar-refractivity contribution < 1.29 is 0 Å². The minimum Gasteiger partial charge on any atom is -0.384 e. The summed E-state index contributed by atoms with van der Waals surface area (Å²) in [6, 6.07) is 8.45. The van der Waals surface area contributed by atoms with Crippen LogP contribution < -0.4 is 5.73 Å². The third-order valence-electron chi connectivity index (χ3n) is 3.28. The Morgan fingerprint density at radius 3 is 2.58 bits per heavy atom. The number of nitrogens with two attached hydrogens (primary N) is 1. The normalized spacial score (nSPS) is 12.9. The molecule has 0 bridgehead atoms. The highest BCUT2D eigenvalue weighted by molar-refractivity contribution is 5.95. The van der Waals surface area contributed by atoms with E-state index in [9.17, 15) is 0 Å². The van der Waals surface area contributed by atoms with Gasteiger partial charge in [-0.05, 0) is 39.2 Å². The standard InChI is InChI=1S/C15H26N4/c1-5-19(12(2)10-18(3)4)11-13-7-6-8-14(9-13)15(16)17/h6-9,12H,5,10-11H2,1-4H3,(H3,16,17). The van der Waals surface area contributed by atoms with Crippen LogP contribution >= 0.6 is 0 Å². The number of benzene rings is 1. The predicted octanol–water partition coefficient (Wildman–Crippen LogP) is 1.74. The van der Waals surface area contributed by atoms with Gasteiger partial charge >= 0.3 is 0 Å². The molecule has 0 radical (unpaired) electrons. The molecule has 106 valence electrons. The van der Waals surface area contributed by atoms with Crippen LogP contribution in [0.2, 0.25) is 0 Å². The summed E-state index contributed by atoms with van der Waals surface area (Å²) in [4.78, 5) is 4.64. The van der Waals surface area contributed by atoms with E-state index in [2.05, 4.69) is 43.8 Å². The van der Waals surface area contributed by atoms with E-state index in [1.807, 2.05) is 18.2 Å². The van der Waals surface area contributed by atoms with Crippen LogP contribution in [0.15, 0.2) is 24.3 Å². The Bertz CT molecular complexity index is 414. The average Bonchev–Trinajstić information content (AvgIpc) is 2.35. The molecule has 1 aromatic carbocycles. The van der Waals surface area contributed by atoms with Crippen LogP contribution in [0, 0.1) is 5.41 Å². The highest BCUT2D eigenvalue weighted by atomic mass is 15.2.